The highest BCUT2D eigenvalue weighted by atomic mass is 16.5. The number of nitrogens with zero attached hydrogens (tertiary/aromatic N) is 1. The maximum absolute atomic E-state index is 5.77. The molecule has 0 amide bonds. The van der Waals surface area contributed by atoms with E-state index in [0.717, 1.165) is 37.3 Å². The van der Waals surface area contributed by atoms with Crippen LogP contribution in [0.5, 0.6) is 11.5 Å². The van der Waals surface area contributed by atoms with Crippen molar-refractivity contribution in [2.45, 2.75) is 25.3 Å². The molecule has 3 nitrogen and oxygen atoms in total. The van der Waals surface area contributed by atoms with Crippen LogP contribution in [-0.4, -0.2) is 32.7 Å². The van der Waals surface area contributed by atoms with Crippen LogP contribution in [0.2, 0.25) is 0 Å². The molecule has 0 saturated heterocycles. The zero-order valence-corrected chi connectivity index (χ0v) is 14.1. The Balaban J connectivity index is 2.00. The molecule has 0 radical (unpaired) electrons. The summed E-state index contributed by atoms with van der Waals surface area (Å²) in [5, 5.41) is 0. The average Bonchev–Trinajstić information content (AvgIpc) is 2.75. The van der Waals surface area contributed by atoms with Gasteiger partial charge < -0.3 is 9.47 Å². The number of fused-ring (bicyclic) bond motifs is 1. The van der Waals surface area contributed by atoms with Crippen molar-refractivity contribution < 1.29 is 9.47 Å². The first-order valence-corrected chi connectivity index (χ1v) is 8.26. The van der Waals surface area contributed by atoms with Gasteiger partial charge in [0, 0.05) is 24.6 Å². The van der Waals surface area contributed by atoms with E-state index in [1.165, 1.54) is 27.8 Å². The smallest absolute Gasteiger partial charge is 0.164 e. The van der Waals surface area contributed by atoms with E-state index in [2.05, 4.69) is 42.3 Å². The zero-order valence-electron chi connectivity index (χ0n) is 14.1. The second-order valence-corrected chi connectivity index (χ2v) is 6.56. The fourth-order valence-electron chi connectivity index (χ4n) is 4.20. The number of rotatable bonds is 2. The van der Waals surface area contributed by atoms with Gasteiger partial charge in [0.2, 0.25) is 0 Å². The van der Waals surface area contributed by atoms with Crippen LogP contribution >= 0.6 is 0 Å². The summed E-state index contributed by atoms with van der Waals surface area (Å²) < 4.78 is 11.4. The minimum Gasteiger partial charge on any atom is -0.493 e. The molecule has 1 aliphatic carbocycles. The van der Waals surface area contributed by atoms with Crippen molar-refractivity contribution >= 4 is 0 Å². The van der Waals surface area contributed by atoms with E-state index in [-0.39, 0.29) is 0 Å². The Morgan fingerprint density at radius 1 is 1.04 bits per heavy atom. The fraction of sp³-hybridized carbons (Fsp3) is 0.400. The number of hydrogen-bond donors (Lipinski definition) is 0. The summed E-state index contributed by atoms with van der Waals surface area (Å²) in [5.74, 6) is 1.77. The van der Waals surface area contributed by atoms with Gasteiger partial charge in [-0.3, -0.25) is 4.90 Å². The molecule has 0 saturated carbocycles. The predicted molar refractivity (Wildman–Crippen MR) is 91.6 cm³/mol. The van der Waals surface area contributed by atoms with Crippen LogP contribution in [0.1, 0.15) is 33.9 Å². The Bertz CT molecular complexity index is 754. The lowest BCUT2D eigenvalue weighted by Crippen LogP contribution is -2.34. The first kappa shape index (κ1) is 14.6. The molecular weight excluding hydrogens is 286 g/mol. The molecule has 0 aromatic heterocycles. The average molecular weight is 309 g/mol. The topological polar surface area (TPSA) is 21.7 Å². The molecule has 1 heterocycles. The summed E-state index contributed by atoms with van der Waals surface area (Å²) in [6.45, 7) is 1.09. The normalized spacial score (nSPS) is 19.5. The highest BCUT2D eigenvalue weighted by molar-refractivity contribution is 5.59. The molecule has 2 aromatic rings. The second kappa shape index (κ2) is 5.57. The van der Waals surface area contributed by atoms with Gasteiger partial charge in [0.05, 0.1) is 14.2 Å². The van der Waals surface area contributed by atoms with Gasteiger partial charge in [0.25, 0.3) is 0 Å². The molecule has 1 unspecified atom stereocenters. The molecule has 23 heavy (non-hydrogen) atoms. The van der Waals surface area contributed by atoms with E-state index in [4.69, 9.17) is 9.47 Å². The summed E-state index contributed by atoms with van der Waals surface area (Å²) in [7, 11) is 5.72. The second-order valence-electron chi connectivity index (χ2n) is 6.56. The Labute approximate surface area is 137 Å². The summed E-state index contributed by atoms with van der Waals surface area (Å²) in [6, 6.07) is 11.4. The summed E-state index contributed by atoms with van der Waals surface area (Å²) in [5.41, 5.74) is 7.06. The van der Waals surface area contributed by atoms with Crippen molar-refractivity contribution in [2.75, 3.05) is 27.8 Å². The largest absolute Gasteiger partial charge is 0.493 e. The van der Waals surface area contributed by atoms with Crippen molar-refractivity contribution in [1.82, 2.24) is 4.90 Å². The molecule has 4 rings (SSSR count). The number of hydrogen-bond acceptors (Lipinski definition) is 3. The van der Waals surface area contributed by atoms with Gasteiger partial charge in [-0.1, -0.05) is 24.3 Å². The monoisotopic (exact) mass is 309 g/mol. The standard InChI is InChI=1S/C20H23NO2/c1-21-9-8-15-12-18(22-2)20(23-3)16-10-13-6-4-5-7-14(13)11-17(21)19(15)16/h4-7,12,17H,8-11H2,1-3H3. The highest BCUT2D eigenvalue weighted by Crippen LogP contribution is 2.46. The van der Waals surface area contributed by atoms with E-state index in [9.17, 15) is 0 Å². The Morgan fingerprint density at radius 3 is 2.57 bits per heavy atom. The van der Waals surface area contributed by atoms with Crippen LogP contribution in [0.3, 0.4) is 0 Å². The molecule has 1 atom stereocenters. The number of methoxy groups -OCH3 is 2. The maximum Gasteiger partial charge on any atom is 0.164 e. The first-order valence-electron chi connectivity index (χ1n) is 8.26. The highest BCUT2D eigenvalue weighted by Gasteiger charge is 2.33. The molecule has 3 heteroatoms. The third-order valence-corrected chi connectivity index (χ3v) is 5.40. The molecule has 0 N–H and O–H groups in total. The van der Waals surface area contributed by atoms with Crippen LogP contribution in [0, 0.1) is 0 Å². The number of ether oxygens (including phenoxy) is 2. The summed E-state index contributed by atoms with van der Waals surface area (Å²) in [4.78, 5) is 2.49. The van der Waals surface area contributed by atoms with Crippen molar-refractivity contribution in [3.63, 3.8) is 0 Å². The van der Waals surface area contributed by atoms with Gasteiger partial charge in [0.1, 0.15) is 0 Å². The molecule has 2 aliphatic rings. The molecular formula is C20H23NO2. The van der Waals surface area contributed by atoms with Crippen LogP contribution in [0.15, 0.2) is 30.3 Å². The van der Waals surface area contributed by atoms with E-state index in [0.29, 0.717) is 6.04 Å². The van der Waals surface area contributed by atoms with Crippen molar-refractivity contribution in [1.29, 1.82) is 0 Å². The van der Waals surface area contributed by atoms with Crippen molar-refractivity contribution in [3.8, 4) is 11.5 Å². The quantitative estimate of drug-likeness (QED) is 0.849. The molecule has 2 aromatic carbocycles. The van der Waals surface area contributed by atoms with Crippen molar-refractivity contribution in [3.05, 3.63) is 58.1 Å². The first-order chi connectivity index (χ1) is 11.2. The lowest BCUT2D eigenvalue weighted by molar-refractivity contribution is 0.228. The lowest BCUT2D eigenvalue weighted by Gasteiger charge is -2.36. The SMILES string of the molecule is COc1cc2c3c(c1OC)Cc1ccccc1CC3N(C)CC2. The van der Waals surface area contributed by atoms with Gasteiger partial charge in [-0.2, -0.15) is 0 Å². The molecule has 0 bridgehead atoms. The van der Waals surface area contributed by atoms with Gasteiger partial charge in [-0.15, -0.1) is 0 Å². The van der Waals surface area contributed by atoms with Gasteiger partial charge in [-0.25, -0.2) is 0 Å². The van der Waals surface area contributed by atoms with Gasteiger partial charge in [-0.05, 0) is 48.2 Å². The zero-order chi connectivity index (χ0) is 16.0. The molecule has 120 valence electrons. The van der Waals surface area contributed by atoms with E-state index in [1.807, 2.05) is 0 Å². The lowest BCUT2D eigenvalue weighted by atomic mass is 9.86. The molecule has 0 fully saturated rings. The van der Waals surface area contributed by atoms with Crippen LogP contribution in [0.25, 0.3) is 0 Å². The third-order valence-electron chi connectivity index (χ3n) is 5.40. The van der Waals surface area contributed by atoms with E-state index >= 15 is 0 Å². The fourth-order valence-corrected chi connectivity index (χ4v) is 4.20. The summed E-state index contributed by atoms with van der Waals surface area (Å²) in [6.07, 6.45) is 3.07. The molecule has 0 spiro atoms. The Morgan fingerprint density at radius 2 is 1.83 bits per heavy atom. The minimum atomic E-state index is 0.428. The number of benzene rings is 2. The summed E-state index contributed by atoms with van der Waals surface area (Å²) >= 11 is 0. The predicted octanol–water partition coefficient (Wildman–Crippen LogP) is 3.38. The van der Waals surface area contributed by atoms with Crippen molar-refractivity contribution in [2.24, 2.45) is 0 Å². The maximum atomic E-state index is 5.77. The Hall–Kier alpha value is -2.00. The van der Waals surface area contributed by atoms with Crippen LogP contribution < -0.4 is 9.47 Å². The molecule has 1 aliphatic heterocycles. The van der Waals surface area contributed by atoms with E-state index in [1.54, 1.807) is 14.2 Å². The minimum absolute atomic E-state index is 0.428. The Kier molecular flexibility index (Phi) is 3.53. The van der Waals surface area contributed by atoms with Crippen LogP contribution in [0.4, 0.5) is 0 Å². The van der Waals surface area contributed by atoms with Crippen LogP contribution in [-0.2, 0) is 19.3 Å². The van der Waals surface area contributed by atoms with Gasteiger partial charge >= 0.3 is 0 Å². The van der Waals surface area contributed by atoms with E-state index < -0.39 is 0 Å². The third kappa shape index (κ3) is 2.22. The van der Waals surface area contributed by atoms with Gasteiger partial charge in [0.15, 0.2) is 11.5 Å². The number of likely N-dealkylation sites (N-methyl/N-ethyl adjacent to an activating group) is 1.